The molecular weight excluding hydrogens is 390 g/mol. The summed E-state index contributed by atoms with van der Waals surface area (Å²) in [5, 5.41) is 12.3. The molecule has 2 aromatic heterocycles. The Hall–Kier alpha value is -2.71. The van der Waals surface area contributed by atoms with Crippen LogP contribution in [0.2, 0.25) is 0 Å². The van der Waals surface area contributed by atoms with Gasteiger partial charge in [0.15, 0.2) is 5.16 Å². The van der Waals surface area contributed by atoms with Gasteiger partial charge in [-0.2, -0.15) is 0 Å². The Bertz CT molecular complexity index is 1070. The van der Waals surface area contributed by atoms with Gasteiger partial charge in [0.2, 0.25) is 5.91 Å². The smallest absolute Gasteiger partial charge is 0.237 e. The SMILES string of the molecule is C[C@@H](Sc1nncn1C)C(=O)Nc1ccc(Cc2nc3ccccc3s2)cc1. The summed E-state index contributed by atoms with van der Waals surface area (Å²) in [5.41, 5.74) is 2.99. The molecule has 4 rings (SSSR count). The van der Waals surface area contributed by atoms with Gasteiger partial charge in [0.25, 0.3) is 0 Å². The van der Waals surface area contributed by atoms with Crippen molar-refractivity contribution in [2.75, 3.05) is 5.32 Å². The minimum Gasteiger partial charge on any atom is -0.325 e. The molecule has 0 saturated carbocycles. The van der Waals surface area contributed by atoms with Crippen molar-refractivity contribution in [1.29, 1.82) is 0 Å². The molecule has 0 spiro atoms. The van der Waals surface area contributed by atoms with Crippen molar-refractivity contribution in [3.05, 3.63) is 65.4 Å². The van der Waals surface area contributed by atoms with Gasteiger partial charge in [-0.3, -0.25) is 4.79 Å². The van der Waals surface area contributed by atoms with Crippen LogP contribution in [-0.4, -0.2) is 30.9 Å². The number of benzene rings is 2. The highest BCUT2D eigenvalue weighted by Crippen LogP contribution is 2.25. The fourth-order valence-electron chi connectivity index (χ4n) is 2.71. The number of carbonyl (C=O) groups is 1. The Morgan fingerprint density at radius 1 is 1.21 bits per heavy atom. The van der Waals surface area contributed by atoms with Crippen molar-refractivity contribution in [3.8, 4) is 0 Å². The number of rotatable bonds is 6. The first kappa shape index (κ1) is 18.6. The number of amides is 1. The Labute approximate surface area is 171 Å². The number of fused-ring (bicyclic) bond motifs is 1. The number of thiazole rings is 1. The zero-order valence-corrected chi connectivity index (χ0v) is 17.1. The fraction of sp³-hybridized carbons (Fsp3) is 0.200. The quantitative estimate of drug-likeness (QED) is 0.485. The topological polar surface area (TPSA) is 72.7 Å². The molecule has 0 fully saturated rings. The van der Waals surface area contributed by atoms with Gasteiger partial charge in [0.1, 0.15) is 6.33 Å². The highest BCUT2D eigenvalue weighted by Gasteiger charge is 2.17. The first-order chi connectivity index (χ1) is 13.6. The van der Waals surface area contributed by atoms with Crippen molar-refractivity contribution in [2.24, 2.45) is 7.05 Å². The van der Waals surface area contributed by atoms with Crippen molar-refractivity contribution in [2.45, 2.75) is 23.8 Å². The van der Waals surface area contributed by atoms with E-state index in [1.54, 1.807) is 22.2 Å². The minimum atomic E-state index is -0.273. The molecule has 0 saturated heterocycles. The van der Waals surface area contributed by atoms with Crippen LogP contribution in [0.5, 0.6) is 0 Å². The number of hydrogen-bond acceptors (Lipinski definition) is 6. The molecule has 6 nitrogen and oxygen atoms in total. The molecule has 1 N–H and O–H groups in total. The molecule has 0 aliphatic carbocycles. The maximum atomic E-state index is 12.4. The first-order valence-electron chi connectivity index (χ1n) is 8.83. The number of carbonyl (C=O) groups excluding carboxylic acids is 1. The number of nitrogens with one attached hydrogen (secondary N) is 1. The highest BCUT2D eigenvalue weighted by atomic mass is 32.2. The molecule has 0 unspecified atom stereocenters. The highest BCUT2D eigenvalue weighted by molar-refractivity contribution is 8.00. The molecule has 28 heavy (non-hydrogen) atoms. The summed E-state index contributed by atoms with van der Waals surface area (Å²) in [6, 6.07) is 16.1. The third kappa shape index (κ3) is 4.23. The van der Waals surface area contributed by atoms with E-state index in [-0.39, 0.29) is 11.2 Å². The lowest BCUT2D eigenvalue weighted by atomic mass is 10.1. The predicted octanol–water partition coefficient (Wildman–Crippen LogP) is 4.13. The summed E-state index contributed by atoms with van der Waals surface area (Å²) in [7, 11) is 1.86. The molecule has 142 valence electrons. The number of thioether (sulfide) groups is 1. The average Bonchev–Trinajstić information content (AvgIpc) is 3.28. The standard InChI is InChI=1S/C20H19N5OS2/c1-13(27-20-24-21-12-25(20)2)19(26)22-15-9-7-14(8-10-15)11-18-23-16-5-3-4-6-17(16)28-18/h3-10,12-13H,11H2,1-2H3,(H,22,26)/t13-/m1/s1. The van der Waals surface area contributed by atoms with Crippen LogP contribution in [0.1, 0.15) is 17.5 Å². The number of hydrogen-bond donors (Lipinski definition) is 1. The van der Waals surface area contributed by atoms with E-state index in [1.165, 1.54) is 22.0 Å². The lowest BCUT2D eigenvalue weighted by Gasteiger charge is -2.11. The van der Waals surface area contributed by atoms with E-state index in [9.17, 15) is 4.79 Å². The number of anilines is 1. The van der Waals surface area contributed by atoms with E-state index in [2.05, 4.69) is 26.6 Å². The third-order valence-electron chi connectivity index (χ3n) is 4.24. The van der Waals surface area contributed by atoms with E-state index >= 15 is 0 Å². The third-order valence-corrected chi connectivity index (χ3v) is 6.42. The molecule has 2 heterocycles. The van der Waals surface area contributed by atoms with E-state index in [0.717, 1.165) is 22.6 Å². The minimum absolute atomic E-state index is 0.0630. The molecule has 0 radical (unpaired) electrons. The van der Waals surface area contributed by atoms with Gasteiger partial charge in [0.05, 0.1) is 20.5 Å². The maximum Gasteiger partial charge on any atom is 0.237 e. The maximum absolute atomic E-state index is 12.4. The van der Waals surface area contributed by atoms with Crippen LogP contribution in [0.15, 0.2) is 60.0 Å². The van der Waals surface area contributed by atoms with Crippen molar-refractivity contribution in [1.82, 2.24) is 19.7 Å². The molecule has 1 amide bonds. The van der Waals surface area contributed by atoms with E-state index < -0.39 is 0 Å². The Kier molecular flexibility index (Phi) is 5.40. The zero-order chi connectivity index (χ0) is 19.5. The summed E-state index contributed by atoms with van der Waals surface area (Å²) in [6.45, 7) is 1.86. The van der Waals surface area contributed by atoms with Crippen molar-refractivity contribution >= 4 is 44.9 Å². The lowest BCUT2D eigenvalue weighted by molar-refractivity contribution is -0.115. The van der Waals surface area contributed by atoms with Gasteiger partial charge in [-0.15, -0.1) is 21.5 Å². The summed E-state index contributed by atoms with van der Waals surface area (Å²) in [6.07, 6.45) is 2.41. The van der Waals surface area contributed by atoms with Gasteiger partial charge in [-0.1, -0.05) is 36.0 Å². The normalized spacial score (nSPS) is 12.2. The Morgan fingerprint density at radius 2 is 2.00 bits per heavy atom. The predicted molar refractivity (Wildman–Crippen MR) is 114 cm³/mol. The van der Waals surface area contributed by atoms with E-state index in [0.29, 0.717) is 5.16 Å². The summed E-state index contributed by atoms with van der Waals surface area (Å²) in [4.78, 5) is 17.1. The second-order valence-corrected chi connectivity index (χ2v) is 8.85. The molecule has 0 bridgehead atoms. The summed E-state index contributed by atoms with van der Waals surface area (Å²) in [5.74, 6) is -0.0630. The van der Waals surface area contributed by atoms with Crippen LogP contribution >= 0.6 is 23.1 Å². The second kappa shape index (κ2) is 8.12. The van der Waals surface area contributed by atoms with Crippen LogP contribution < -0.4 is 5.32 Å². The molecule has 0 aliphatic rings. The van der Waals surface area contributed by atoms with Gasteiger partial charge in [-0.25, -0.2) is 4.98 Å². The fourth-order valence-corrected chi connectivity index (χ4v) is 4.50. The number of aryl methyl sites for hydroxylation is 1. The Balaban J connectivity index is 1.37. The second-order valence-electron chi connectivity index (χ2n) is 6.42. The van der Waals surface area contributed by atoms with Gasteiger partial charge >= 0.3 is 0 Å². The van der Waals surface area contributed by atoms with Crippen LogP contribution in [0.4, 0.5) is 5.69 Å². The molecular formula is C20H19N5OS2. The average molecular weight is 410 g/mol. The first-order valence-corrected chi connectivity index (χ1v) is 10.5. The van der Waals surface area contributed by atoms with Crippen LogP contribution in [0.3, 0.4) is 0 Å². The van der Waals surface area contributed by atoms with Crippen LogP contribution in [0, 0.1) is 0 Å². The largest absolute Gasteiger partial charge is 0.325 e. The number of nitrogens with zero attached hydrogens (tertiary/aromatic N) is 4. The van der Waals surface area contributed by atoms with Crippen molar-refractivity contribution in [3.63, 3.8) is 0 Å². The number of aromatic nitrogens is 4. The van der Waals surface area contributed by atoms with E-state index in [4.69, 9.17) is 0 Å². The number of para-hydroxylation sites is 1. The van der Waals surface area contributed by atoms with E-state index in [1.807, 2.05) is 56.4 Å². The monoisotopic (exact) mass is 409 g/mol. The van der Waals surface area contributed by atoms with Crippen LogP contribution in [0.25, 0.3) is 10.2 Å². The van der Waals surface area contributed by atoms with Gasteiger partial charge < -0.3 is 9.88 Å². The molecule has 0 aliphatic heterocycles. The molecule has 2 aromatic carbocycles. The molecule has 4 aromatic rings. The van der Waals surface area contributed by atoms with Gasteiger partial charge in [-0.05, 0) is 36.8 Å². The summed E-state index contributed by atoms with van der Waals surface area (Å²) < 4.78 is 3.00. The molecule has 1 atom stereocenters. The Morgan fingerprint density at radius 3 is 2.71 bits per heavy atom. The van der Waals surface area contributed by atoms with Gasteiger partial charge in [0, 0.05) is 19.2 Å². The van der Waals surface area contributed by atoms with Crippen LogP contribution in [-0.2, 0) is 18.3 Å². The zero-order valence-electron chi connectivity index (χ0n) is 15.5. The van der Waals surface area contributed by atoms with Crippen molar-refractivity contribution < 1.29 is 4.79 Å². The lowest BCUT2D eigenvalue weighted by Crippen LogP contribution is -2.22. The summed E-state index contributed by atoms with van der Waals surface area (Å²) >= 11 is 3.10. The molecule has 8 heteroatoms.